The zero-order valence-corrected chi connectivity index (χ0v) is 11.7. The summed E-state index contributed by atoms with van der Waals surface area (Å²) in [4.78, 5) is 14.1. The van der Waals surface area contributed by atoms with Crippen LogP contribution >= 0.6 is 0 Å². The highest BCUT2D eigenvalue weighted by Crippen LogP contribution is 2.11. The van der Waals surface area contributed by atoms with Crippen molar-refractivity contribution in [3.8, 4) is 0 Å². The number of benzene rings is 1. The standard InChI is InChI=1S/C15H18N4O/c1-3-19(4-2)14-11-10-13(17-18-14)15(20)16-12-8-6-5-7-9-12/h5-11H,3-4H2,1-2H3,(H,16,20). The molecule has 1 N–H and O–H groups in total. The quantitative estimate of drug-likeness (QED) is 0.907. The molecule has 2 rings (SSSR count). The van der Waals surface area contributed by atoms with Crippen LogP contribution in [-0.2, 0) is 0 Å². The van der Waals surface area contributed by atoms with E-state index in [4.69, 9.17) is 0 Å². The van der Waals surface area contributed by atoms with Gasteiger partial charge in [-0.05, 0) is 38.1 Å². The number of nitrogens with one attached hydrogen (secondary N) is 1. The van der Waals surface area contributed by atoms with E-state index in [1.54, 1.807) is 6.07 Å². The second-order valence-electron chi connectivity index (χ2n) is 4.27. The van der Waals surface area contributed by atoms with Crippen LogP contribution in [0.1, 0.15) is 24.3 Å². The van der Waals surface area contributed by atoms with Crippen LogP contribution in [0.15, 0.2) is 42.5 Å². The molecule has 0 radical (unpaired) electrons. The van der Waals surface area contributed by atoms with E-state index in [0.29, 0.717) is 5.69 Å². The van der Waals surface area contributed by atoms with Crippen LogP contribution < -0.4 is 10.2 Å². The molecule has 1 aromatic heterocycles. The number of amides is 1. The Morgan fingerprint density at radius 3 is 2.30 bits per heavy atom. The van der Waals surface area contributed by atoms with E-state index in [-0.39, 0.29) is 5.91 Å². The summed E-state index contributed by atoms with van der Waals surface area (Å²) in [5.41, 5.74) is 1.05. The SMILES string of the molecule is CCN(CC)c1ccc(C(=O)Nc2ccccc2)nn1. The fraction of sp³-hybridized carbons (Fsp3) is 0.267. The highest BCUT2D eigenvalue weighted by molar-refractivity contribution is 6.02. The third-order valence-electron chi connectivity index (χ3n) is 3.00. The number of carbonyl (C=O) groups excluding carboxylic acids is 1. The van der Waals surface area contributed by atoms with Crippen LogP contribution in [-0.4, -0.2) is 29.2 Å². The van der Waals surface area contributed by atoms with Gasteiger partial charge in [-0.3, -0.25) is 4.79 Å². The van der Waals surface area contributed by atoms with Gasteiger partial charge < -0.3 is 10.2 Å². The lowest BCUT2D eigenvalue weighted by atomic mass is 10.3. The molecule has 104 valence electrons. The Balaban J connectivity index is 2.08. The molecule has 0 aliphatic carbocycles. The number of anilines is 2. The van der Waals surface area contributed by atoms with Crippen LogP contribution in [0.3, 0.4) is 0 Å². The Hall–Kier alpha value is -2.43. The molecule has 0 spiro atoms. The third kappa shape index (κ3) is 3.32. The van der Waals surface area contributed by atoms with Crippen molar-refractivity contribution in [2.75, 3.05) is 23.3 Å². The summed E-state index contributed by atoms with van der Waals surface area (Å²) in [6.45, 7) is 5.84. The molecule has 0 bridgehead atoms. The summed E-state index contributed by atoms with van der Waals surface area (Å²) in [5, 5.41) is 10.9. The first-order chi connectivity index (χ1) is 9.74. The Morgan fingerprint density at radius 1 is 1.05 bits per heavy atom. The normalized spacial score (nSPS) is 10.1. The molecular formula is C15H18N4O. The average Bonchev–Trinajstić information content (AvgIpc) is 2.50. The second kappa shape index (κ2) is 6.65. The number of para-hydroxylation sites is 1. The summed E-state index contributed by atoms with van der Waals surface area (Å²) in [5.74, 6) is 0.529. The van der Waals surface area contributed by atoms with Crippen molar-refractivity contribution in [1.82, 2.24) is 10.2 Å². The lowest BCUT2D eigenvalue weighted by molar-refractivity contribution is 0.102. The second-order valence-corrected chi connectivity index (χ2v) is 4.27. The number of aromatic nitrogens is 2. The fourth-order valence-corrected chi connectivity index (χ4v) is 1.88. The fourth-order valence-electron chi connectivity index (χ4n) is 1.88. The Bertz CT molecular complexity index is 550. The molecule has 0 aliphatic heterocycles. The van der Waals surface area contributed by atoms with Gasteiger partial charge in [-0.15, -0.1) is 10.2 Å². The molecule has 1 heterocycles. The molecular weight excluding hydrogens is 252 g/mol. The van der Waals surface area contributed by atoms with E-state index in [2.05, 4.69) is 34.3 Å². The van der Waals surface area contributed by atoms with Gasteiger partial charge in [0.2, 0.25) is 0 Å². The first-order valence-corrected chi connectivity index (χ1v) is 6.69. The summed E-state index contributed by atoms with van der Waals surface area (Å²) in [6, 6.07) is 12.8. The van der Waals surface area contributed by atoms with Crippen LogP contribution in [0, 0.1) is 0 Å². The Morgan fingerprint density at radius 2 is 1.75 bits per heavy atom. The van der Waals surface area contributed by atoms with Crippen molar-refractivity contribution in [2.45, 2.75) is 13.8 Å². The molecule has 1 aromatic carbocycles. The maximum Gasteiger partial charge on any atom is 0.276 e. The maximum absolute atomic E-state index is 12.0. The zero-order chi connectivity index (χ0) is 14.4. The molecule has 5 nitrogen and oxygen atoms in total. The van der Waals surface area contributed by atoms with Crippen LogP contribution in [0.4, 0.5) is 11.5 Å². The molecule has 0 aliphatic rings. The lowest BCUT2D eigenvalue weighted by Crippen LogP contribution is -2.24. The van der Waals surface area contributed by atoms with Crippen LogP contribution in [0.5, 0.6) is 0 Å². The van der Waals surface area contributed by atoms with Gasteiger partial charge in [-0.2, -0.15) is 0 Å². The van der Waals surface area contributed by atoms with Crippen molar-refractivity contribution in [3.05, 3.63) is 48.2 Å². The first-order valence-electron chi connectivity index (χ1n) is 6.69. The van der Waals surface area contributed by atoms with Crippen molar-refractivity contribution < 1.29 is 4.79 Å². The molecule has 0 saturated carbocycles. The van der Waals surface area contributed by atoms with Gasteiger partial charge in [0.15, 0.2) is 11.5 Å². The summed E-state index contributed by atoms with van der Waals surface area (Å²) < 4.78 is 0. The number of hydrogen-bond donors (Lipinski definition) is 1. The zero-order valence-electron chi connectivity index (χ0n) is 11.7. The first kappa shape index (κ1) is 14.0. The molecule has 0 unspecified atom stereocenters. The van der Waals surface area contributed by atoms with Crippen molar-refractivity contribution in [3.63, 3.8) is 0 Å². The number of hydrogen-bond acceptors (Lipinski definition) is 4. The molecule has 5 heteroatoms. The molecule has 0 saturated heterocycles. The topological polar surface area (TPSA) is 58.1 Å². The largest absolute Gasteiger partial charge is 0.356 e. The molecule has 20 heavy (non-hydrogen) atoms. The third-order valence-corrected chi connectivity index (χ3v) is 3.00. The van der Waals surface area contributed by atoms with Crippen molar-refractivity contribution in [2.24, 2.45) is 0 Å². The smallest absolute Gasteiger partial charge is 0.276 e. The van der Waals surface area contributed by atoms with E-state index >= 15 is 0 Å². The van der Waals surface area contributed by atoms with Gasteiger partial charge in [0.1, 0.15) is 0 Å². The van der Waals surface area contributed by atoms with Crippen LogP contribution in [0.25, 0.3) is 0 Å². The number of carbonyl (C=O) groups is 1. The summed E-state index contributed by atoms with van der Waals surface area (Å²) >= 11 is 0. The summed E-state index contributed by atoms with van der Waals surface area (Å²) in [7, 11) is 0. The van der Waals surface area contributed by atoms with Crippen molar-refractivity contribution >= 4 is 17.4 Å². The van der Waals surface area contributed by atoms with E-state index in [1.807, 2.05) is 36.4 Å². The lowest BCUT2D eigenvalue weighted by Gasteiger charge is -2.18. The highest BCUT2D eigenvalue weighted by atomic mass is 16.1. The Labute approximate surface area is 118 Å². The number of nitrogens with zero attached hydrogens (tertiary/aromatic N) is 3. The molecule has 0 fully saturated rings. The van der Waals surface area contributed by atoms with Gasteiger partial charge >= 0.3 is 0 Å². The summed E-state index contributed by atoms with van der Waals surface area (Å²) in [6.07, 6.45) is 0. The predicted octanol–water partition coefficient (Wildman–Crippen LogP) is 2.58. The van der Waals surface area contributed by atoms with E-state index < -0.39 is 0 Å². The molecule has 1 amide bonds. The number of rotatable bonds is 5. The Kier molecular flexibility index (Phi) is 4.65. The maximum atomic E-state index is 12.0. The predicted molar refractivity (Wildman–Crippen MR) is 80.0 cm³/mol. The minimum absolute atomic E-state index is 0.255. The van der Waals surface area contributed by atoms with E-state index in [1.165, 1.54) is 0 Å². The molecule has 0 atom stereocenters. The van der Waals surface area contributed by atoms with Crippen molar-refractivity contribution in [1.29, 1.82) is 0 Å². The molecule has 2 aromatic rings. The van der Waals surface area contributed by atoms with Gasteiger partial charge in [0, 0.05) is 18.8 Å². The van der Waals surface area contributed by atoms with E-state index in [0.717, 1.165) is 24.6 Å². The van der Waals surface area contributed by atoms with Gasteiger partial charge in [-0.1, -0.05) is 18.2 Å². The monoisotopic (exact) mass is 270 g/mol. The van der Waals surface area contributed by atoms with Gasteiger partial charge in [0.25, 0.3) is 5.91 Å². The van der Waals surface area contributed by atoms with Gasteiger partial charge in [-0.25, -0.2) is 0 Å². The highest BCUT2D eigenvalue weighted by Gasteiger charge is 2.10. The minimum atomic E-state index is -0.255. The minimum Gasteiger partial charge on any atom is -0.356 e. The average molecular weight is 270 g/mol. The van der Waals surface area contributed by atoms with Gasteiger partial charge in [0.05, 0.1) is 0 Å². The van der Waals surface area contributed by atoms with E-state index in [9.17, 15) is 4.79 Å². The van der Waals surface area contributed by atoms with Crippen LogP contribution in [0.2, 0.25) is 0 Å².